The van der Waals surface area contributed by atoms with Gasteiger partial charge in [0, 0.05) is 37.8 Å². The van der Waals surface area contributed by atoms with Crippen LogP contribution >= 0.6 is 0 Å². The molecule has 0 spiro atoms. The molecule has 0 bridgehead atoms. The fourth-order valence-corrected chi connectivity index (χ4v) is 3.60. The van der Waals surface area contributed by atoms with E-state index in [-0.39, 0.29) is 11.8 Å². The molecule has 1 aromatic carbocycles. The lowest BCUT2D eigenvalue weighted by molar-refractivity contribution is -0.128. The van der Waals surface area contributed by atoms with E-state index in [2.05, 4.69) is 15.1 Å². The molecular weight excluding hydrogens is 354 g/mol. The molecule has 1 saturated heterocycles. The number of ether oxygens (including phenoxy) is 1. The molecule has 3 heterocycles. The van der Waals surface area contributed by atoms with Gasteiger partial charge in [-0.05, 0) is 36.2 Å². The van der Waals surface area contributed by atoms with Gasteiger partial charge < -0.3 is 9.64 Å². The lowest BCUT2D eigenvalue weighted by atomic mass is 10.1. The van der Waals surface area contributed by atoms with Gasteiger partial charge in [-0.25, -0.2) is 9.67 Å². The van der Waals surface area contributed by atoms with Crippen LogP contribution in [0.1, 0.15) is 35.1 Å². The Balaban J connectivity index is 1.50. The van der Waals surface area contributed by atoms with Crippen LogP contribution in [0, 0.1) is 6.92 Å². The van der Waals surface area contributed by atoms with E-state index in [1.54, 1.807) is 19.5 Å². The minimum atomic E-state index is 0.0450. The van der Waals surface area contributed by atoms with Crippen LogP contribution < -0.4 is 4.74 Å². The summed E-state index contributed by atoms with van der Waals surface area (Å²) >= 11 is 0. The van der Waals surface area contributed by atoms with Crippen molar-refractivity contribution in [3.8, 4) is 5.75 Å². The number of carbonyl (C=O) groups excluding carboxylic acids is 1. The Morgan fingerprint density at radius 3 is 2.68 bits per heavy atom. The third-order valence-corrected chi connectivity index (χ3v) is 4.97. The first-order valence-corrected chi connectivity index (χ1v) is 9.33. The molecule has 4 rings (SSSR count). The van der Waals surface area contributed by atoms with Crippen LogP contribution in [-0.4, -0.2) is 44.2 Å². The van der Waals surface area contributed by atoms with Crippen LogP contribution in [0.25, 0.3) is 0 Å². The first kappa shape index (κ1) is 18.2. The molecule has 2 aromatic heterocycles. The van der Waals surface area contributed by atoms with Crippen molar-refractivity contribution < 1.29 is 9.53 Å². The molecule has 0 radical (unpaired) electrons. The molecule has 28 heavy (non-hydrogen) atoms. The molecule has 144 valence electrons. The highest BCUT2D eigenvalue weighted by Crippen LogP contribution is 2.28. The van der Waals surface area contributed by atoms with Gasteiger partial charge in [-0.3, -0.25) is 9.78 Å². The number of likely N-dealkylation sites (tertiary alicyclic amines) is 1. The molecule has 0 N–H and O–H groups in total. The Kier molecular flexibility index (Phi) is 5.06. The van der Waals surface area contributed by atoms with Gasteiger partial charge >= 0.3 is 0 Å². The number of carbonyl (C=O) groups is 1. The maximum atomic E-state index is 12.5. The third kappa shape index (κ3) is 3.88. The van der Waals surface area contributed by atoms with E-state index in [0.29, 0.717) is 26.1 Å². The predicted octanol–water partition coefficient (Wildman–Crippen LogP) is 2.55. The fraction of sp³-hybridized carbons (Fsp3) is 0.333. The lowest BCUT2D eigenvalue weighted by Crippen LogP contribution is -2.24. The van der Waals surface area contributed by atoms with E-state index in [4.69, 9.17) is 4.74 Å². The van der Waals surface area contributed by atoms with E-state index < -0.39 is 0 Å². The molecule has 0 aliphatic carbocycles. The summed E-state index contributed by atoms with van der Waals surface area (Å²) in [5, 5.41) is 4.56. The molecule has 3 aromatic rings. The summed E-state index contributed by atoms with van der Waals surface area (Å²) in [6, 6.07) is 11.8. The van der Waals surface area contributed by atoms with Crippen LogP contribution in [0.2, 0.25) is 0 Å². The molecule has 1 atom stereocenters. The highest BCUT2D eigenvalue weighted by molar-refractivity contribution is 5.79. The molecule has 7 heteroatoms. The summed E-state index contributed by atoms with van der Waals surface area (Å²) < 4.78 is 7.14. The van der Waals surface area contributed by atoms with Crippen molar-refractivity contribution >= 4 is 5.91 Å². The predicted molar refractivity (Wildman–Crippen MR) is 104 cm³/mol. The first-order chi connectivity index (χ1) is 13.6. The quantitative estimate of drug-likeness (QED) is 0.660. The number of methoxy groups -OCH3 is 1. The largest absolute Gasteiger partial charge is 0.497 e. The maximum Gasteiger partial charge on any atom is 0.223 e. The van der Waals surface area contributed by atoms with Crippen molar-refractivity contribution in [3.63, 3.8) is 0 Å². The summed E-state index contributed by atoms with van der Waals surface area (Å²) in [6.45, 7) is 3.73. The standard InChI is InChI=1S/C21H23N5O2/c1-15-23-21(26(24-15)13-16-5-7-19(28-2)8-6-16)18-10-20(27)25(14-18)12-17-4-3-9-22-11-17/h3-9,11,18H,10,12-14H2,1-2H3/t18-/m1/s1. The highest BCUT2D eigenvalue weighted by Gasteiger charge is 2.34. The third-order valence-electron chi connectivity index (χ3n) is 4.97. The number of rotatable bonds is 6. The Labute approximate surface area is 164 Å². The van der Waals surface area contributed by atoms with Crippen molar-refractivity contribution in [3.05, 3.63) is 71.6 Å². The van der Waals surface area contributed by atoms with E-state index in [1.165, 1.54) is 0 Å². The smallest absolute Gasteiger partial charge is 0.223 e. The van der Waals surface area contributed by atoms with Crippen molar-refractivity contribution in [1.82, 2.24) is 24.6 Å². The summed E-state index contributed by atoms with van der Waals surface area (Å²) in [5.74, 6) is 2.61. The van der Waals surface area contributed by atoms with Gasteiger partial charge in [-0.15, -0.1) is 0 Å². The van der Waals surface area contributed by atoms with Gasteiger partial charge in [-0.1, -0.05) is 18.2 Å². The Morgan fingerprint density at radius 2 is 1.96 bits per heavy atom. The molecule has 1 aliphatic rings. The number of aryl methyl sites for hydroxylation is 1. The van der Waals surface area contributed by atoms with Crippen molar-refractivity contribution in [2.75, 3.05) is 13.7 Å². The minimum Gasteiger partial charge on any atom is -0.497 e. The van der Waals surface area contributed by atoms with Crippen molar-refractivity contribution in [2.45, 2.75) is 32.4 Å². The van der Waals surface area contributed by atoms with Gasteiger partial charge in [0.25, 0.3) is 0 Å². The average Bonchev–Trinajstić information content (AvgIpc) is 3.25. The lowest BCUT2D eigenvalue weighted by Gasteiger charge is -2.16. The number of hydrogen-bond donors (Lipinski definition) is 0. The zero-order chi connectivity index (χ0) is 19.5. The van der Waals surface area contributed by atoms with Crippen LogP contribution in [0.15, 0.2) is 48.8 Å². The molecule has 1 amide bonds. The van der Waals surface area contributed by atoms with Crippen LogP contribution in [0.5, 0.6) is 5.75 Å². The maximum absolute atomic E-state index is 12.5. The topological polar surface area (TPSA) is 73.1 Å². The van der Waals surface area contributed by atoms with Crippen LogP contribution in [0.4, 0.5) is 0 Å². The Morgan fingerprint density at radius 1 is 1.14 bits per heavy atom. The zero-order valence-electron chi connectivity index (χ0n) is 16.1. The molecular formula is C21H23N5O2. The van der Waals surface area contributed by atoms with Gasteiger partial charge in [-0.2, -0.15) is 5.10 Å². The fourth-order valence-electron chi connectivity index (χ4n) is 3.60. The van der Waals surface area contributed by atoms with E-state index in [0.717, 1.165) is 28.5 Å². The average molecular weight is 377 g/mol. The van der Waals surface area contributed by atoms with E-state index in [1.807, 2.05) is 52.9 Å². The Bertz CT molecular complexity index is 953. The van der Waals surface area contributed by atoms with Crippen molar-refractivity contribution in [1.29, 1.82) is 0 Å². The number of amides is 1. The van der Waals surface area contributed by atoms with Gasteiger partial charge in [0.1, 0.15) is 17.4 Å². The van der Waals surface area contributed by atoms with E-state index in [9.17, 15) is 4.79 Å². The molecule has 0 saturated carbocycles. The monoisotopic (exact) mass is 377 g/mol. The normalized spacial score (nSPS) is 16.6. The van der Waals surface area contributed by atoms with Crippen LogP contribution in [-0.2, 0) is 17.9 Å². The van der Waals surface area contributed by atoms with Gasteiger partial charge in [0.15, 0.2) is 0 Å². The molecule has 1 fully saturated rings. The SMILES string of the molecule is COc1ccc(Cn2nc(C)nc2[C@@H]2CC(=O)N(Cc3cccnc3)C2)cc1. The number of benzene rings is 1. The molecule has 7 nitrogen and oxygen atoms in total. The summed E-state index contributed by atoms with van der Waals surface area (Å²) in [7, 11) is 1.66. The minimum absolute atomic E-state index is 0.0450. The van der Waals surface area contributed by atoms with Crippen LogP contribution in [0.3, 0.4) is 0 Å². The second-order valence-corrected chi connectivity index (χ2v) is 7.06. The molecule has 1 aliphatic heterocycles. The summed E-state index contributed by atoms with van der Waals surface area (Å²) in [4.78, 5) is 23.2. The van der Waals surface area contributed by atoms with E-state index >= 15 is 0 Å². The summed E-state index contributed by atoms with van der Waals surface area (Å²) in [5.41, 5.74) is 2.15. The van der Waals surface area contributed by atoms with Gasteiger partial charge in [0.05, 0.1) is 13.7 Å². The number of pyridine rings is 1. The Hall–Kier alpha value is -3.22. The van der Waals surface area contributed by atoms with Gasteiger partial charge in [0.2, 0.25) is 5.91 Å². The second-order valence-electron chi connectivity index (χ2n) is 7.06. The molecule has 0 unspecified atom stereocenters. The second kappa shape index (κ2) is 7.80. The number of aromatic nitrogens is 4. The first-order valence-electron chi connectivity index (χ1n) is 9.33. The summed E-state index contributed by atoms with van der Waals surface area (Å²) in [6.07, 6.45) is 4.00. The highest BCUT2D eigenvalue weighted by atomic mass is 16.5. The number of nitrogens with zero attached hydrogens (tertiary/aromatic N) is 5. The van der Waals surface area contributed by atoms with Crippen molar-refractivity contribution in [2.24, 2.45) is 0 Å². The zero-order valence-corrected chi connectivity index (χ0v) is 16.1. The number of hydrogen-bond acceptors (Lipinski definition) is 5.